The summed E-state index contributed by atoms with van der Waals surface area (Å²) >= 11 is 1.27. The lowest BCUT2D eigenvalue weighted by atomic mass is 9.70. The summed E-state index contributed by atoms with van der Waals surface area (Å²) in [5, 5.41) is 13.8. The van der Waals surface area contributed by atoms with Crippen LogP contribution in [0.4, 0.5) is 13.2 Å². The van der Waals surface area contributed by atoms with E-state index in [-0.39, 0.29) is 55.2 Å². The molecule has 3 fully saturated rings. The van der Waals surface area contributed by atoms with E-state index >= 15 is 8.78 Å². The smallest absolute Gasteiger partial charge is 0.338 e. The Hall–Kier alpha value is -3.34. The third kappa shape index (κ3) is 5.52. The Balaban J connectivity index is 1.35. The third-order valence-corrected chi connectivity index (χ3v) is 12.5. The molecule has 1 aromatic carbocycles. The molecule has 4 heterocycles. The summed E-state index contributed by atoms with van der Waals surface area (Å²) in [7, 11) is -4.03. The van der Waals surface area contributed by atoms with Crippen molar-refractivity contribution >= 4 is 39.1 Å². The van der Waals surface area contributed by atoms with Gasteiger partial charge in [-0.2, -0.15) is 4.31 Å². The molecular formula is C30H34F3N5O6S2. The molecule has 0 radical (unpaired) electrons. The summed E-state index contributed by atoms with van der Waals surface area (Å²) in [6.45, 7) is 3.21. The van der Waals surface area contributed by atoms with Crippen molar-refractivity contribution in [3.63, 3.8) is 0 Å². The standard InChI is InChI=1S/C30H34F3N5O6S2/c1-4-44-27(39)23-21(35-25(26-34-8-9-45-26)36-24(23)18-6-5-7-20(31)16(18)2)13-37-15-30(32,33)19-12-38(14-22(19)37)46(42,43)17-10-29(3,11-17)28(40)41/h5-9,17,19,22,24H,4,10-15H2,1-3H3,(H,35,36)(H,40,41)/t17?,19?,22?,24-,29?/m0/s1. The lowest BCUT2D eigenvalue weighted by Gasteiger charge is -2.42. The number of carboxylic acid groups (broad SMARTS) is 1. The molecule has 4 aliphatic rings. The molecule has 1 saturated carbocycles. The van der Waals surface area contributed by atoms with E-state index in [0.29, 0.717) is 10.6 Å². The molecule has 2 aromatic rings. The number of aromatic nitrogens is 1. The second-order valence-electron chi connectivity index (χ2n) is 12.5. The molecule has 3 atom stereocenters. The summed E-state index contributed by atoms with van der Waals surface area (Å²) in [6.07, 6.45) is 1.39. The zero-order chi connectivity index (χ0) is 33.2. The number of aliphatic carboxylic acids is 1. The van der Waals surface area contributed by atoms with E-state index in [0.717, 1.165) is 4.31 Å². The first-order chi connectivity index (χ1) is 21.7. The lowest BCUT2D eigenvalue weighted by molar-refractivity contribution is -0.152. The van der Waals surface area contributed by atoms with Crippen LogP contribution in [0.3, 0.4) is 0 Å². The molecule has 16 heteroatoms. The van der Waals surface area contributed by atoms with Crippen molar-refractivity contribution in [2.75, 3.05) is 32.8 Å². The normalized spacial score (nSPS) is 29.6. The monoisotopic (exact) mass is 681 g/mol. The van der Waals surface area contributed by atoms with Crippen LogP contribution in [0, 0.1) is 24.1 Å². The fourth-order valence-electron chi connectivity index (χ4n) is 6.93. The number of halogens is 3. The van der Waals surface area contributed by atoms with E-state index in [1.807, 2.05) is 0 Å². The Kier molecular flexibility index (Phi) is 8.30. The summed E-state index contributed by atoms with van der Waals surface area (Å²) in [5.41, 5.74) is -0.252. The number of fused-ring (bicyclic) bond motifs is 1. The van der Waals surface area contributed by atoms with E-state index in [1.54, 1.807) is 31.5 Å². The molecule has 6 rings (SSSR count). The number of sulfonamides is 1. The number of carbonyl (C=O) groups is 2. The fourth-order valence-corrected chi connectivity index (χ4v) is 9.83. The van der Waals surface area contributed by atoms with Gasteiger partial charge in [-0.1, -0.05) is 12.1 Å². The van der Waals surface area contributed by atoms with Gasteiger partial charge in [0.25, 0.3) is 5.92 Å². The lowest BCUT2D eigenvalue weighted by Crippen LogP contribution is -2.53. The highest BCUT2D eigenvalue weighted by atomic mass is 32.2. The van der Waals surface area contributed by atoms with Crippen molar-refractivity contribution < 1.29 is 41.0 Å². The Morgan fingerprint density at radius 2 is 1.98 bits per heavy atom. The van der Waals surface area contributed by atoms with Crippen LogP contribution in [-0.2, 0) is 24.3 Å². The van der Waals surface area contributed by atoms with Crippen LogP contribution < -0.4 is 5.32 Å². The number of carbonyl (C=O) groups excluding carboxylic acids is 1. The van der Waals surface area contributed by atoms with Gasteiger partial charge < -0.3 is 15.2 Å². The third-order valence-electron chi connectivity index (χ3n) is 9.56. The molecular weight excluding hydrogens is 647 g/mol. The van der Waals surface area contributed by atoms with Crippen LogP contribution in [0.5, 0.6) is 0 Å². The molecule has 46 heavy (non-hydrogen) atoms. The second kappa shape index (κ2) is 11.7. The zero-order valence-electron chi connectivity index (χ0n) is 25.4. The molecule has 1 aromatic heterocycles. The van der Waals surface area contributed by atoms with Gasteiger partial charge in [0.05, 0.1) is 35.3 Å². The Bertz CT molecular complexity index is 1730. The number of hydrogen-bond donors (Lipinski definition) is 2. The molecule has 1 aliphatic carbocycles. The summed E-state index contributed by atoms with van der Waals surface area (Å²) in [5.74, 6) is -6.61. The zero-order valence-corrected chi connectivity index (χ0v) is 27.0. The number of amidine groups is 1. The number of aliphatic imine (C=N–C) groups is 1. The number of likely N-dealkylation sites (tertiary alicyclic amines) is 1. The number of hydrogen-bond acceptors (Lipinski definition) is 10. The van der Waals surface area contributed by atoms with Gasteiger partial charge >= 0.3 is 11.9 Å². The van der Waals surface area contributed by atoms with Gasteiger partial charge in [-0.15, -0.1) is 11.3 Å². The summed E-state index contributed by atoms with van der Waals surface area (Å²) in [4.78, 5) is 35.6. The molecule has 0 amide bonds. The molecule has 248 valence electrons. The Labute approximate surface area is 268 Å². The topological polar surface area (TPSA) is 142 Å². The first kappa shape index (κ1) is 32.6. The minimum Gasteiger partial charge on any atom is -0.481 e. The van der Waals surface area contributed by atoms with Gasteiger partial charge in [0.2, 0.25) is 10.0 Å². The summed E-state index contributed by atoms with van der Waals surface area (Å²) in [6, 6.07) is 2.51. The van der Waals surface area contributed by atoms with Crippen molar-refractivity contribution in [3.05, 3.63) is 63.0 Å². The first-order valence-corrected chi connectivity index (χ1v) is 17.3. The highest BCUT2D eigenvalue weighted by molar-refractivity contribution is 7.89. The number of thiazole rings is 1. The predicted octanol–water partition coefficient (Wildman–Crippen LogP) is 3.33. The van der Waals surface area contributed by atoms with Crippen molar-refractivity contribution in [1.29, 1.82) is 0 Å². The molecule has 11 nitrogen and oxygen atoms in total. The minimum atomic E-state index is -4.03. The van der Waals surface area contributed by atoms with Gasteiger partial charge in [0, 0.05) is 43.0 Å². The highest BCUT2D eigenvalue weighted by Gasteiger charge is 2.62. The van der Waals surface area contributed by atoms with Crippen molar-refractivity contribution in [1.82, 2.24) is 19.5 Å². The number of esters is 1. The van der Waals surface area contributed by atoms with E-state index in [9.17, 15) is 27.5 Å². The van der Waals surface area contributed by atoms with Crippen LogP contribution in [0.15, 0.2) is 46.0 Å². The first-order valence-electron chi connectivity index (χ1n) is 14.9. The average molecular weight is 682 g/mol. The van der Waals surface area contributed by atoms with Crippen LogP contribution in [0.25, 0.3) is 0 Å². The predicted molar refractivity (Wildman–Crippen MR) is 162 cm³/mol. The second-order valence-corrected chi connectivity index (χ2v) is 15.6. The molecule has 2 saturated heterocycles. The van der Waals surface area contributed by atoms with E-state index in [2.05, 4.69) is 10.3 Å². The number of rotatable bonds is 9. The number of ether oxygens (including phenoxy) is 1. The molecule has 0 spiro atoms. The van der Waals surface area contributed by atoms with Gasteiger partial charge in [-0.3, -0.25) is 14.7 Å². The van der Waals surface area contributed by atoms with Crippen LogP contribution in [-0.4, -0.2) is 95.5 Å². The molecule has 2 unspecified atom stereocenters. The van der Waals surface area contributed by atoms with Crippen molar-refractivity contribution in [2.24, 2.45) is 16.3 Å². The van der Waals surface area contributed by atoms with E-state index in [4.69, 9.17) is 9.73 Å². The number of carboxylic acids is 1. The number of alkyl halides is 2. The van der Waals surface area contributed by atoms with Gasteiger partial charge in [-0.25, -0.2) is 31.4 Å². The maximum Gasteiger partial charge on any atom is 0.338 e. The SMILES string of the molecule is CCOC(=O)C1=C(CN2CC(F)(F)C3CN(S(=O)(=O)C4CC(C)(C(=O)O)C4)CC32)NC(c2nccs2)=N[C@H]1c1cccc(F)c1C. The van der Waals surface area contributed by atoms with Gasteiger partial charge in [-0.05, 0) is 50.8 Å². The minimum absolute atomic E-state index is 0.0227. The van der Waals surface area contributed by atoms with Crippen LogP contribution in [0.1, 0.15) is 48.9 Å². The summed E-state index contributed by atoms with van der Waals surface area (Å²) < 4.78 is 79.2. The van der Waals surface area contributed by atoms with Crippen molar-refractivity contribution in [3.8, 4) is 0 Å². The Morgan fingerprint density at radius 1 is 1.24 bits per heavy atom. The fraction of sp³-hybridized carbons (Fsp3) is 0.533. The Morgan fingerprint density at radius 3 is 2.63 bits per heavy atom. The largest absolute Gasteiger partial charge is 0.481 e. The van der Waals surface area contributed by atoms with Crippen molar-refractivity contribution in [2.45, 2.75) is 56.9 Å². The number of benzene rings is 1. The maximum atomic E-state index is 15.6. The number of nitrogens with one attached hydrogen (secondary N) is 1. The molecule has 0 bridgehead atoms. The van der Waals surface area contributed by atoms with E-state index in [1.165, 1.54) is 35.3 Å². The number of nitrogens with zero attached hydrogens (tertiary/aromatic N) is 4. The quantitative estimate of drug-likeness (QED) is 0.382. The average Bonchev–Trinajstić information content (AvgIpc) is 3.71. The van der Waals surface area contributed by atoms with E-state index < -0.39 is 75.5 Å². The van der Waals surface area contributed by atoms with Gasteiger partial charge in [0.15, 0.2) is 10.8 Å². The molecule has 2 N–H and O–H groups in total. The van der Waals surface area contributed by atoms with Crippen LogP contribution >= 0.6 is 11.3 Å². The molecule has 3 aliphatic heterocycles. The highest BCUT2D eigenvalue weighted by Crippen LogP contribution is 2.49. The maximum absolute atomic E-state index is 15.6. The van der Waals surface area contributed by atoms with Crippen LogP contribution in [0.2, 0.25) is 0 Å². The van der Waals surface area contributed by atoms with Gasteiger partial charge in [0.1, 0.15) is 11.9 Å².